The molecule has 0 radical (unpaired) electrons. The second-order valence-corrected chi connectivity index (χ2v) is 8.09. The Kier molecular flexibility index (Phi) is 4.59. The average Bonchev–Trinajstić information content (AvgIpc) is 3.01. The minimum absolute atomic E-state index is 0.131. The van der Waals surface area contributed by atoms with Gasteiger partial charge in [-0.25, -0.2) is 0 Å². The van der Waals surface area contributed by atoms with Crippen molar-refractivity contribution < 1.29 is 4.79 Å². The summed E-state index contributed by atoms with van der Waals surface area (Å²) in [6, 6.07) is 14.2. The van der Waals surface area contributed by atoms with Crippen LogP contribution < -0.4 is 0 Å². The Morgan fingerprint density at radius 1 is 0.929 bits per heavy atom. The van der Waals surface area contributed by atoms with Crippen LogP contribution in [0, 0.1) is 0 Å². The SMILES string of the molecule is O=C(c1ccc2ccccc2c1)N1CCC[C@H](c2nnc3n2CCCCC3)C1. The fourth-order valence-electron chi connectivity index (χ4n) is 4.69. The number of fused-ring (bicyclic) bond motifs is 2. The molecule has 0 aliphatic carbocycles. The molecule has 2 aliphatic heterocycles. The number of benzene rings is 2. The van der Waals surface area contributed by atoms with Crippen LogP contribution in [-0.4, -0.2) is 38.7 Å². The lowest BCUT2D eigenvalue weighted by Gasteiger charge is -2.32. The number of piperidine rings is 1. The number of likely N-dealkylation sites (tertiary alicyclic amines) is 1. The Balaban J connectivity index is 1.38. The summed E-state index contributed by atoms with van der Waals surface area (Å²) in [5.74, 6) is 2.64. The van der Waals surface area contributed by atoms with Crippen LogP contribution in [0.1, 0.15) is 60.0 Å². The summed E-state index contributed by atoms with van der Waals surface area (Å²) < 4.78 is 2.33. The van der Waals surface area contributed by atoms with Crippen molar-refractivity contribution >= 4 is 16.7 Å². The Bertz CT molecular complexity index is 1010. The van der Waals surface area contributed by atoms with Crippen LogP contribution in [-0.2, 0) is 13.0 Å². The first-order valence-corrected chi connectivity index (χ1v) is 10.5. The summed E-state index contributed by atoms with van der Waals surface area (Å²) in [6.07, 6.45) is 6.80. The van der Waals surface area contributed by atoms with Crippen molar-refractivity contribution in [2.75, 3.05) is 13.1 Å². The Morgan fingerprint density at radius 3 is 2.75 bits per heavy atom. The minimum Gasteiger partial charge on any atom is -0.338 e. The quantitative estimate of drug-likeness (QED) is 0.676. The predicted octanol–water partition coefficient (Wildman–Crippen LogP) is 4.18. The first-order chi connectivity index (χ1) is 13.8. The Labute approximate surface area is 165 Å². The number of nitrogens with zero attached hydrogens (tertiary/aromatic N) is 4. The standard InChI is InChI=1S/C23H26N4O/c28-23(19-12-11-17-7-3-4-8-18(17)15-19)26-13-6-9-20(16-26)22-25-24-21-10-2-1-5-14-27(21)22/h3-4,7-8,11-12,15,20H,1-2,5-6,9-10,13-14,16H2/t20-/m0/s1. The molecule has 2 aliphatic rings. The molecule has 3 heterocycles. The summed E-state index contributed by atoms with van der Waals surface area (Å²) in [4.78, 5) is 15.2. The van der Waals surface area contributed by atoms with Gasteiger partial charge >= 0.3 is 0 Å². The van der Waals surface area contributed by atoms with Gasteiger partial charge in [-0.1, -0.05) is 36.8 Å². The second kappa shape index (κ2) is 7.38. The molecule has 0 unspecified atom stereocenters. The molecule has 1 amide bonds. The van der Waals surface area contributed by atoms with Crippen LogP contribution >= 0.6 is 0 Å². The highest BCUT2D eigenvalue weighted by Gasteiger charge is 2.30. The maximum atomic E-state index is 13.2. The largest absolute Gasteiger partial charge is 0.338 e. The van der Waals surface area contributed by atoms with E-state index in [0.29, 0.717) is 0 Å². The molecular weight excluding hydrogens is 348 g/mol. The van der Waals surface area contributed by atoms with E-state index < -0.39 is 0 Å². The fraction of sp³-hybridized carbons (Fsp3) is 0.435. The molecule has 28 heavy (non-hydrogen) atoms. The predicted molar refractivity (Wildman–Crippen MR) is 109 cm³/mol. The maximum absolute atomic E-state index is 13.2. The molecule has 0 N–H and O–H groups in total. The summed E-state index contributed by atoms with van der Waals surface area (Å²) in [7, 11) is 0. The van der Waals surface area contributed by atoms with E-state index in [1.165, 1.54) is 24.6 Å². The number of amides is 1. The highest BCUT2D eigenvalue weighted by molar-refractivity contribution is 5.98. The molecule has 3 aromatic rings. The zero-order chi connectivity index (χ0) is 18.9. The summed E-state index contributed by atoms with van der Waals surface area (Å²) in [6.45, 7) is 2.58. The average molecular weight is 374 g/mol. The van der Waals surface area contributed by atoms with Crippen molar-refractivity contribution in [3.05, 3.63) is 59.7 Å². The molecule has 144 valence electrons. The van der Waals surface area contributed by atoms with Crippen LogP contribution in [0.4, 0.5) is 0 Å². The lowest BCUT2D eigenvalue weighted by atomic mass is 9.96. The second-order valence-electron chi connectivity index (χ2n) is 8.09. The van der Waals surface area contributed by atoms with Crippen molar-refractivity contribution in [2.24, 2.45) is 0 Å². The van der Waals surface area contributed by atoms with Crippen molar-refractivity contribution in [3.8, 4) is 0 Å². The number of hydrogen-bond acceptors (Lipinski definition) is 3. The number of aryl methyl sites for hydroxylation is 1. The zero-order valence-corrected chi connectivity index (χ0v) is 16.2. The zero-order valence-electron chi connectivity index (χ0n) is 16.2. The molecule has 1 atom stereocenters. The first kappa shape index (κ1) is 17.4. The van der Waals surface area contributed by atoms with Gasteiger partial charge in [-0.2, -0.15) is 0 Å². The monoisotopic (exact) mass is 374 g/mol. The van der Waals surface area contributed by atoms with Gasteiger partial charge in [0.15, 0.2) is 0 Å². The van der Waals surface area contributed by atoms with Crippen LogP contribution in [0.5, 0.6) is 0 Å². The third kappa shape index (κ3) is 3.19. The molecule has 2 aromatic carbocycles. The highest BCUT2D eigenvalue weighted by Crippen LogP contribution is 2.29. The number of rotatable bonds is 2. The summed E-state index contributed by atoms with van der Waals surface area (Å²) >= 11 is 0. The molecule has 5 nitrogen and oxygen atoms in total. The maximum Gasteiger partial charge on any atom is 0.253 e. The number of carbonyl (C=O) groups is 1. The van der Waals surface area contributed by atoms with Gasteiger partial charge in [-0.05, 0) is 48.6 Å². The third-order valence-corrected chi connectivity index (χ3v) is 6.21. The molecule has 1 fully saturated rings. The van der Waals surface area contributed by atoms with Crippen LogP contribution in [0.15, 0.2) is 42.5 Å². The van der Waals surface area contributed by atoms with E-state index in [1.54, 1.807) is 0 Å². The summed E-state index contributed by atoms with van der Waals surface area (Å²) in [5.41, 5.74) is 0.777. The number of hydrogen-bond donors (Lipinski definition) is 0. The van der Waals surface area contributed by atoms with Crippen LogP contribution in [0.2, 0.25) is 0 Å². The number of aromatic nitrogens is 3. The smallest absolute Gasteiger partial charge is 0.253 e. The third-order valence-electron chi connectivity index (χ3n) is 6.21. The van der Waals surface area contributed by atoms with Gasteiger partial charge in [0, 0.05) is 37.5 Å². The molecule has 5 rings (SSSR count). The molecular formula is C23H26N4O. The van der Waals surface area contributed by atoms with Crippen molar-refractivity contribution in [2.45, 2.75) is 51.0 Å². The highest BCUT2D eigenvalue weighted by atomic mass is 16.2. The van der Waals surface area contributed by atoms with E-state index in [2.05, 4.69) is 26.9 Å². The van der Waals surface area contributed by atoms with E-state index in [1.807, 2.05) is 35.2 Å². The fourth-order valence-corrected chi connectivity index (χ4v) is 4.69. The van der Waals surface area contributed by atoms with E-state index in [0.717, 1.165) is 61.5 Å². The first-order valence-electron chi connectivity index (χ1n) is 10.5. The van der Waals surface area contributed by atoms with Crippen LogP contribution in [0.3, 0.4) is 0 Å². The molecule has 0 spiro atoms. The van der Waals surface area contributed by atoms with Crippen molar-refractivity contribution in [3.63, 3.8) is 0 Å². The van der Waals surface area contributed by atoms with Gasteiger partial charge in [-0.15, -0.1) is 10.2 Å². The van der Waals surface area contributed by atoms with Gasteiger partial charge in [0.2, 0.25) is 0 Å². The molecule has 0 bridgehead atoms. The topological polar surface area (TPSA) is 51.0 Å². The normalized spacial score (nSPS) is 20.0. The molecule has 5 heteroatoms. The van der Waals surface area contributed by atoms with Gasteiger partial charge in [0.05, 0.1) is 0 Å². The minimum atomic E-state index is 0.131. The van der Waals surface area contributed by atoms with E-state index in [-0.39, 0.29) is 11.8 Å². The van der Waals surface area contributed by atoms with Crippen LogP contribution in [0.25, 0.3) is 10.8 Å². The van der Waals surface area contributed by atoms with Crippen molar-refractivity contribution in [1.82, 2.24) is 19.7 Å². The van der Waals surface area contributed by atoms with Gasteiger partial charge in [-0.3, -0.25) is 4.79 Å². The molecule has 1 aromatic heterocycles. The molecule has 1 saturated heterocycles. The van der Waals surface area contributed by atoms with Crippen molar-refractivity contribution in [1.29, 1.82) is 0 Å². The van der Waals surface area contributed by atoms with Gasteiger partial charge in [0.1, 0.15) is 11.6 Å². The molecule has 0 saturated carbocycles. The van der Waals surface area contributed by atoms with Gasteiger partial charge in [0.25, 0.3) is 5.91 Å². The van der Waals surface area contributed by atoms with E-state index in [4.69, 9.17) is 0 Å². The number of carbonyl (C=O) groups excluding carboxylic acids is 1. The Morgan fingerprint density at radius 2 is 1.82 bits per heavy atom. The van der Waals surface area contributed by atoms with Gasteiger partial charge < -0.3 is 9.47 Å². The lowest BCUT2D eigenvalue weighted by molar-refractivity contribution is 0.0703. The summed E-state index contributed by atoms with van der Waals surface area (Å²) in [5, 5.41) is 11.3. The van der Waals surface area contributed by atoms with E-state index >= 15 is 0 Å². The van der Waals surface area contributed by atoms with E-state index in [9.17, 15) is 4.79 Å². The Hall–Kier alpha value is -2.69. The lowest BCUT2D eigenvalue weighted by Crippen LogP contribution is -2.39.